The number of nitrogens with zero attached hydrogens (tertiary/aromatic N) is 4. The van der Waals surface area contributed by atoms with E-state index in [2.05, 4.69) is 35.0 Å². The molecule has 1 unspecified atom stereocenters. The zero-order valence-corrected chi connectivity index (χ0v) is 20.1. The summed E-state index contributed by atoms with van der Waals surface area (Å²) >= 11 is 0. The Morgan fingerprint density at radius 2 is 2.11 bits per heavy atom. The molecule has 0 saturated heterocycles. The first-order valence-corrected chi connectivity index (χ1v) is 12.0. The standard InChI is InChI=1S/C27H28FN5O2/c1-4-17-16(3)27(15-33(5-2)26(35)23-13-30-24(34)14-29-23)11-10-18(17)20-12-22(31-32-25(20)27)19-8-6-7-9-21(19)28/h4,6-9,12-14,16,18H,5,10-11,15H2,1-3H3,(H,30,34)/b17-4-/t16?,18-,27-/m1/s1. The highest BCUT2D eigenvalue weighted by Gasteiger charge is 2.54. The number of rotatable bonds is 5. The van der Waals surface area contributed by atoms with Crippen LogP contribution in [0, 0.1) is 11.7 Å². The Balaban J connectivity index is 1.59. The van der Waals surface area contributed by atoms with Crippen LogP contribution in [0.5, 0.6) is 0 Å². The minimum absolute atomic E-state index is 0.165. The monoisotopic (exact) mass is 473 g/mol. The summed E-state index contributed by atoms with van der Waals surface area (Å²) in [5, 5.41) is 9.15. The second-order valence-corrected chi connectivity index (χ2v) is 9.39. The van der Waals surface area contributed by atoms with E-state index in [9.17, 15) is 14.0 Å². The van der Waals surface area contributed by atoms with Crippen molar-refractivity contribution >= 4 is 5.91 Å². The first-order chi connectivity index (χ1) is 16.9. The van der Waals surface area contributed by atoms with Gasteiger partial charge in [-0.3, -0.25) is 9.59 Å². The SMILES string of the molecule is C/C=C1/C(C)[C@]2(CN(CC)C(=O)c3c[nH]c(=O)cn3)CC[C@H]1c1cc(-c3ccccc3F)nnc12. The third-order valence-electron chi connectivity index (χ3n) is 7.80. The van der Waals surface area contributed by atoms with Crippen LogP contribution < -0.4 is 5.56 Å². The van der Waals surface area contributed by atoms with E-state index in [1.165, 1.54) is 17.8 Å². The lowest BCUT2D eigenvalue weighted by atomic mass is 9.52. The van der Waals surface area contributed by atoms with E-state index in [0.717, 1.165) is 30.3 Å². The number of hydrogen-bond acceptors (Lipinski definition) is 5. The molecule has 1 aromatic carbocycles. The van der Waals surface area contributed by atoms with Crippen molar-refractivity contribution in [3.63, 3.8) is 0 Å². The van der Waals surface area contributed by atoms with Crippen LogP contribution in [0.3, 0.4) is 0 Å². The molecule has 3 atom stereocenters. The number of amides is 1. The summed E-state index contributed by atoms with van der Waals surface area (Å²) in [6.07, 6.45) is 6.47. The zero-order chi connectivity index (χ0) is 24.7. The van der Waals surface area contributed by atoms with Crippen molar-refractivity contribution in [1.82, 2.24) is 25.1 Å². The summed E-state index contributed by atoms with van der Waals surface area (Å²) in [6.45, 7) is 7.13. The van der Waals surface area contributed by atoms with Gasteiger partial charge in [0.2, 0.25) is 0 Å². The normalized spacial score (nSPS) is 23.8. The molecule has 1 N–H and O–H groups in total. The predicted molar refractivity (Wildman–Crippen MR) is 130 cm³/mol. The van der Waals surface area contributed by atoms with Crippen LogP contribution >= 0.6 is 0 Å². The lowest BCUT2D eigenvalue weighted by Crippen LogP contribution is -2.54. The van der Waals surface area contributed by atoms with Crippen LogP contribution in [0.2, 0.25) is 0 Å². The molecule has 3 aromatic rings. The van der Waals surface area contributed by atoms with Gasteiger partial charge in [0, 0.05) is 36.2 Å². The maximum absolute atomic E-state index is 14.5. The van der Waals surface area contributed by atoms with E-state index < -0.39 is 5.41 Å². The molecule has 180 valence electrons. The van der Waals surface area contributed by atoms with Crippen molar-refractivity contribution < 1.29 is 9.18 Å². The average molecular weight is 474 g/mol. The molecule has 0 spiro atoms. The van der Waals surface area contributed by atoms with Crippen LogP contribution in [0.15, 0.2) is 59.2 Å². The molecule has 6 rings (SSSR count). The molecule has 0 aliphatic heterocycles. The Morgan fingerprint density at radius 1 is 1.31 bits per heavy atom. The molecule has 3 aliphatic rings. The second-order valence-electron chi connectivity index (χ2n) is 9.39. The second kappa shape index (κ2) is 8.83. The Bertz CT molecular complexity index is 1360. The van der Waals surface area contributed by atoms with Gasteiger partial charge in [0.05, 0.1) is 17.6 Å². The number of hydrogen-bond donors (Lipinski definition) is 1. The Kier molecular flexibility index (Phi) is 5.83. The molecule has 1 saturated carbocycles. The lowest BCUT2D eigenvalue weighted by molar-refractivity contribution is 0.0642. The maximum atomic E-state index is 14.5. The van der Waals surface area contributed by atoms with Crippen LogP contribution in [0.25, 0.3) is 11.3 Å². The maximum Gasteiger partial charge on any atom is 0.273 e. The fourth-order valence-electron chi connectivity index (χ4n) is 5.95. The van der Waals surface area contributed by atoms with Gasteiger partial charge < -0.3 is 9.88 Å². The lowest BCUT2D eigenvalue weighted by Gasteiger charge is -2.54. The van der Waals surface area contributed by atoms with Gasteiger partial charge in [-0.15, -0.1) is 0 Å². The minimum Gasteiger partial charge on any atom is -0.337 e. The molecular weight excluding hydrogens is 445 g/mol. The summed E-state index contributed by atoms with van der Waals surface area (Å²) in [5.74, 6) is -0.192. The molecule has 1 amide bonds. The van der Waals surface area contributed by atoms with Crippen LogP contribution in [0.1, 0.15) is 61.3 Å². The largest absolute Gasteiger partial charge is 0.337 e. The number of fused-ring (bicyclic) bond motifs is 2. The van der Waals surface area contributed by atoms with Gasteiger partial charge in [-0.25, -0.2) is 9.37 Å². The molecule has 8 heteroatoms. The van der Waals surface area contributed by atoms with Gasteiger partial charge in [0.1, 0.15) is 11.5 Å². The number of carbonyl (C=O) groups is 1. The predicted octanol–water partition coefficient (Wildman–Crippen LogP) is 4.24. The first-order valence-electron chi connectivity index (χ1n) is 12.0. The van der Waals surface area contributed by atoms with Gasteiger partial charge in [-0.05, 0) is 56.4 Å². The van der Waals surface area contributed by atoms with Gasteiger partial charge >= 0.3 is 0 Å². The van der Waals surface area contributed by atoms with E-state index in [1.54, 1.807) is 23.1 Å². The average Bonchev–Trinajstić information content (AvgIpc) is 2.88. The number of carbonyl (C=O) groups excluding carboxylic acids is 1. The quantitative estimate of drug-likeness (QED) is 0.560. The molecule has 0 radical (unpaired) electrons. The van der Waals surface area contributed by atoms with E-state index in [4.69, 9.17) is 5.10 Å². The van der Waals surface area contributed by atoms with Crippen molar-refractivity contribution in [2.24, 2.45) is 5.92 Å². The van der Waals surface area contributed by atoms with E-state index in [-0.39, 0.29) is 34.8 Å². The van der Waals surface area contributed by atoms with Crippen molar-refractivity contribution in [2.75, 3.05) is 13.1 Å². The van der Waals surface area contributed by atoms with Crippen LogP contribution in [-0.4, -0.2) is 44.1 Å². The number of nitrogens with one attached hydrogen (secondary N) is 1. The molecule has 35 heavy (non-hydrogen) atoms. The summed E-state index contributed by atoms with van der Waals surface area (Å²) in [5.41, 5.74) is 3.68. The van der Waals surface area contributed by atoms with Crippen molar-refractivity contribution in [1.29, 1.82) is 0 Å². The van der Waals surface area contributed by atoms with Crippen LogP contribution in [-0.2, 0) is 5.41 Å². The molecule has 1 fully saturated rings. The van der Waals surface area contributed by atoms with Gasteiger partial charge in [0.15, 0.2) is 0 Å². The van der Waals surface area contributed by atoms with E-state index in [0.29, 0.717) is 24.3 Å². The Labute approximate surface area is 203 Å². The molecule has 7 nitrogen and oxygen atoms in total. The van der Waals surface area contributed by atoms with Gasteiger partial charge in [0.25, 0.3) is 11.5 Å². The molecular formula is C27H28FN5O2. The summed E-state index contributed by atoms with van der Waals surface area (Å²) in [4.78, 5) is 33.1. The fraction of sp³-hybridized carbons (Fsp3) is 0.370. The number of allylic oxidation sites excluding steroid dienone is 2. The van der Waals surface area contributed by atoms with Gasteiger partial charge in [-0.2, -0.15) is 10.2 Å². The number of benzene rings is 1. The van der Waals surface area contributed by atoms with E-state index >= 15 is 0 Å². The van der Waals surface area contributed by atoms with Crippen molar-refractivity contribution in [3.05, 3.63) is 87.5 Å². The highest BCUT2D eigenvalue weighted by Crippen LogP contribution is 2.58. The van der Waals surface area contributed by atoms with Crippen molar-refractivity contribution in [2.45, 2.75) is 44.9 Å². The molecule has 2 heterocycles. The Morgan fingerprint density at radius 3 is 2.80 bits per heavy atom. The summed E-state index contributed by atoms with van der Waals surface area (Å²) in [6, 6.07) is 8.59. The third kappa shape index (κ3) is 3.68. The van der Waals surface area contributed by atoms with Crippen LogP contribution in [0.4, 0.5) is 4.39 Å². The van der Waals surface area contributed by atoms with Gasteiger partial charge in [-0.1, -0.05) is 30.7 Å². The fourth-order valence-corrected chi connectivity index (χ4v) is 5.95. The Hall–Kier alpha value is -3.68. The highest BCUT2D eigenvalue weighted by molar-refractivity contribution is 5.92. The minimum atomic E-state index is -0.416. The molecule has 2 aromatic heterocycles. The highest BCUT2D eigenvalue weighted by atomic mass is 19.1. The number of aromatic nitrogens is 4. The number of halogens is 1. The molecule has 2 bridgehead atoms. The first kappa shape index (κ1) is 23.1. The summed E-state index contributed by atoms with van der Waals surface area (Å²) in [7, 11) is 0. The zero-order valence-electron chi connectivity index (χ0n) is 20.1. The smallest absolute Gasteiger partial charge is 0.273 e. The van der Waals surface area contributed by atoms with E-state index in [1.807, 2.05) is 13.0 Å². The molecule has 3 aliphatic carbocycles. The topological polar surface area (TPSA) is 91.8 Å². The van der Waals surface area contributed by atoms with Crippen molar-refractivity contribution in [3.8, 4) is 11.3 Å². The number of H-pyrrole nitrogens is 1. The summed E-state index contributed by atoms with van der Waals surface area (Å²) < 4.78 is 14.5. The number of aromatic amines is 1. The third-order valence-corrected chi connectivity index (χ3v) is 7.80. The number of likely N-dealkylation sites (N-methyl/N-ethyl adjacent to an activating group) is 1.